The zero-order valence-electron chi connectivity index (χ0n) is 14.4. The Bertz CT molecular complexity index is 542. The second kappa shape index (κ2) is 9.08. The summed E-state index contributed by atoms with van der Waals surface area (Å²) in [7, 11) is 0. The van der Waals surface area contributed by atoms with Gasteiger partial charge in [-0.3, -0.25) is 14.5 Å². The smallest absolute Gasteiger partial charge is 0.233 e. The predicted octanol–water partition coefficient (Wildman–Crippen LogP) is 1.87. The van der Waals surface area contributed by atoms with Gasteiger partial charge >= 0.3 is 0 Å². The Labute approximate surface area is 148 Å². The van der Waals surface area contributed by atoms with E-state index in [1.807, 2.05) is 35.2 Å². The molecular formula is C18H27N3O2S. The summed E-state index contributed by atoms with van der Waals surface area (Å²) >= 11 is 1.62. The molecule has 0 aromatic heterocycles. The normalized spacial score (nSPS) is 17.6. The van der Waals surface area contributed by atoms with Gasteiger partial charge in [-0.05, 0) is 30.9 Å². The van der Waals surface area contributed by atoms with Crippen LogP contribution in [0.25, 0.3) is 0 Å². The van der Waals surface area contributed by atoms with Crippen LogP contribution in [0.3, 0.4) is 0 Å². The van der Waals surface area contributed by atoms with Crippen molar-refractivity contribution in [3.8, 4) is 0 Å². The van der Waals surface area contributed by atoms with Crippen molar-refractivity contribution < 1.29 is 9.59 Å². The molecule has 1 aromatic carbocycles. The minimum Gasteiger partial charge on any atom is -0.369 e. The van der Waals surface area contributed by atoms with Gasteiger partial charge in [-0.2, -0.15) is 0 Å². The number of hydrogen-bond donors (Lipinski definition) is 2. The van der Waals surface area contributed by atoms with Crippen molar-refractivity contribution in [2.45, 2.75) is 42.9 Å². The molecule has 6 heteroatoms. The van der Waals surface area contributed by atoms with Gasteiger partial charge in [0.15, 0.2) is 0 Å². The maximum Gasteiger partial charge on any atom is 0.233 e. The number of carbonyl (C=O) groups is 2. The number of nitrogens with zero attached hydrogens (tertiary/aromatic N) is 1. The number of amides is 2. The van der Waals surface area contributed by atoms with E-state index >= 15 is 0 Å². The van der Waals surface area contributed by atoms with E-state index in [1.165, 1.54) is 0 Å². The Morgan fingerprint density at radius 3 is 2.42 bits per heavy atom. The summed E-state index contributed by atoms with van der Waals surface area (Å²) in [5.41, 5.74) is 5.23. The topological polar surface area (TPSA) is 75.4 Å². The molecule has 1 atom stereocenters. The van der Waals surface area contributed by atoms with Crippen LogP contribution in [0, 0.1) is 5.92 Å². The minimum absolute atomic E-state index is 0.101. The Hall–Kier alpha value is -1.53. The molecule has 0 radical (unpaired) electrons. The van der Waals surface area contributed by atoms with E-state index in [2.05, 4.69) is 19.2 Å². The molecule has 0 bridgehead atoms. The maximum absolute atomic E-state index is 12.7. The van der Waals surface area contributed by atoms with Crippen LogP contribution in [0.2, 0.25) is 0 Å². The molecule has 1 saturated heterocycles. The van der Waals surface area contributed by atoms with Crippen molar-refractivity contribution in [2.24, 2.45) is 11.7 Å². The highest BCUT2D eigenvalue weighted by Gasteiger charge is 2.27. The first-order valence-corrected chi connectivity index (χ1v) is 9.36. The quantitative estimate of drug-likeness (QED) is 0.737. The number of hydrogen-bond acceptors (Lipinski definition) is 4. The van der Waals surface area contributed by atoms with Gasteiger partial charge in [0.1, 0.15) is 0 Å². The number of likely N-dealkylation sites (tertiary alicyclic amines) is 1. The highest BCUT2D eigenvalue weighted by Crippen LogP contribution is 2.28. The van der Waals surface area contributed by atoms with Gasteiger partial charge in [-0.25, -0.2) is 0 Å². The summed E-state index contributed by atoms with van der Waals surface area (Å²) in [5, 5.41) is 3.09. The van der Waals surface area contributed by atoms with E-state index in [0.717, 1.165) is 30.8 Å². The third-order valence-electron chi connectivity index (χ3n) is 4.18. The van der Waals surface area contributed by atoms with E-state index in [4.69, 9.17) is 5.73 Å². The molecule has 2 amide bonds. The maximum atomic E-state index is 12.7. The van der Waals surface area contributed by atoms with Crippen molar-refractivity contribution in [1.82, 2.24) is 10.2 Å². The van der Waals surface area contributed by atoms with Crippen molar-refractivity contribution in [3.63, 3.8) is 0 Å². The molecule has 5 nitrogen and oxygen atoms in total. The Morgan fingerprint density at radius 1 is 1.25 bits per heavy atom. The van der Waals surface area contributed by atoms with Gasteiger partial charge in [0.05, 0.1) is 11.8 Å². The fourth-order valence-corrected chi connectivity index (χ4v) is 3.93. The number of piperidine rings is 1. The first kappa shape index (κ1) is 18.8. The predicted molar refractivity (Wildman–Crippen MR) is 97.7 cm³/mol. The standard InChI is InChI=1S/C18H27N3O2S/c1-13(2)17(24-15-6-4-3-5-7-15)18(23)20-14-8-10-21(11-9-14)12-16(19)22/h3-7,13-14,17H,8-12H2,1-2H3,(H2,19,22)(H,20,23). The van der Waals surface area contributed by atoms with E-state index in [1.54, 1.807) is 11.8 Å². The second-order valence-electron chi connectivity index (χ2n) is 6.62. The van der Waals surface area contributed by atoms with Gasteiger partial charge in [0.2, 0.25) is 11.8 Å². The summed E-state index contributed by atoms with van der Waals surface area (Å²) in [6.07, 6.45) is 1.72. The fraction of sp³-hybridized carbons (Fsp3) is 0.556. The summed E-state index contributed by atoms with van der Waals surface area (Å²) in [6, 6.07) is 10.2. The van der Waals surface area contributed by atoms with E-state index < -0.39 is 0 Å². The summed E-state index contributed by atoms with van der Waals surface area (Å²) in [5.74, 6) is 0.0639. The first-order chi connectivity index (χ1) is 11.5. The average molecular weight is 350 g/mol. The molecule has 1 heterocycles. The molecule has 1 aromatic rings. The highest BCUT2D eigenvalue weighted by atomic mass is 32.2. The van der Waals surface area contributed by atoms with Crippen molar-refractivity contribution in [1.29, 1.82) is 0 Å². The van der Waals surface area contributed by atoms with Crippen LogP contribution in [0.4, 0.5) is 0 Å². The molecule has 1 fully saturated rings. The SMILES string of the molecule is CC(C)C(Sc1ccccc1)C(=O)NC1CCN(CC(N)=O)CC1. The lowest BCUT2D eigenvalue weighted by Gasteiger charge is -2.32. The van der Waals surface area contributed by atoms with Crippen LogP contribution < -0.4 is 11.1 Å². The third kappa shape index (κ3) is 5.83. The van der Waals surface area contributed by atoms with Crippen LogP contribution >= 0.6 is 11.8 Å². The molecule has 0 saturated carbocycles. The minimum atomic E-state index is -0.295. The van der Waals surface area contributed by atoms with Crippen molar-refractivity contribution in [2.75, 3.05) is 19.6 Å². The van der Waals surface area contributed by atoms with Gasteiger partial charge in [0, 0.05) is 24.0 Å². The van der Waals surface area contributed by atoms with Gasteiger partial charge in [-0.15, -0.1) is 11.8 Å². The number of rotatable bonds is 7. The number of carbonyl (C=O) groups excluding carboxylic acids is 2. The first-order valence-electron chi connectivity index (χ1n) is 8.48. The molecule has 0 spiro atoms. The monoisotopic (exact) mass is 349 g/mol. The van der Waals surface area contributed by atoms with Crippen molar-refractivity contribution >= 4 is 23.6 Å². The average Bonchev–Trinajstić information content (AvgIpc) is 2.54. The number of benzene rings is 1. The third-order valence-corrected chi connectivity index (χ3v) is 5.74. The van der Waals surface area contributed by atoms with Gasteiger partial charge in [-0.1, -0.05) is 32.0 Å². The van der Waals surface area contributed by atoms with Crippen LogP contribution in [0.1, 0.15) is 26.7 Å². The molecule has 2 rings (SSSR count). The second-order valence-corrected chi connectivity index (χ2v) is 7.84. The van der Waals surface area contributed by atoms with Crippen LogP contribution in [-0.4, -0.2) is 47.6 Å². The number of nitrogens with two attached hydrogens (primary N) is 1. The molecule has 132 valence electrons. The zero-order chi connectivity index (χ0) is 17.5. The summed E-state index contributed by atoms with van der Waals surface area (Å²) in [4.78, 5) is 26.8. The van der Waals surface area contributed by atoms with E-state index in [9.17, 15) is 9.59 Å². The van der Waals surface area contributed by atoms with Crippen LogP contribution in [0.15, 0.2) is 35.2 Å². The summed E-state index contributed by atoms with van der Waals surface area (Å²) < 4.78 is 0. The highest BCUT2D eigenvalue weighted by molar-refractivity contribution is 8.00. The largest absolute Gasteiger partial charge is 0.369 e. The summed E-state index contributed by atoms with van der Waals surface area (Å²) in [6.45, 7) is 6.06. The lowest BCUT2D eigenvalue weighted by molar-refractivity contribution is -0.123. The van der Waals surface area contributed by atoms with Crippen LogP contribution in [0.5, 0.6) is 0 Å². The Morgan fingerprint density at radius 2 is 1.88 bits per heavy atom. The zero-order valence-corrected chi connectivity index (χ0v) is 15.2. The van der Waals surface area contributed by atoms with Crippen LogP contribution in [-0.2, 0) is 9.59 Å². The molecule has 24 heavy (non-hydrogen) atoms. The number of thioether (sulfide) groups is 1. The lowest BCUT2D eigenvalue weighted by Crippen LogP contribution is -2.49. The van der Waals surface area contributed by atoms with Gasteiger partial charge < -0.3 is 11.1 Å². The van der Waals surface area contributed by atoms with E-state index in [0.29, 0.717) is 6.54 Å². The number of primary amides is 1. The Kier molecular flexibility index (Phi) is 7.12. The molecular weight excluding hydrogens is 322 g/mol. The van der Waals surface area contributed by atoms with Crippen molar-refractivity contribution in [3.05, 3.63) is 30.3 Å². The molecule has 1 unspecified atom stereocenters. The molecule has 1 aliphatic rings. The Balaban J connectivity index is 1.86. The fourth-order valence-electron chi connectivity index (χ4n) is 2.88. The molecule has 1 aliphatic heterocycles. The molecule has 0 aliphatic carbocycles. The van der Waals surface area contributed by atoms with Gasteiger partial charge in [0.25, 0.3) is 0 Å². The molecule has 3 N–H and O–H groups in total. The lowest BCUT2D eigenvalue weighted by atomic mass is 10.0. The van der Waals surface area contributed by atoms with E-state index in [-0.39, 0.29) is 29.0 Å². The number of nitrogens with one attached hydrogen (secondary N) is 1.